The van der Waals surface area contributed by atoms with Crippen LogP contribution in [-0.2, 0) is 0 Å². The molecule has 2 amide bonds. The highest BCUT2D eigenvalue weighted by atomic mass is 16.5. The van der Waals surface area contributed by atoms with Crippen LogP contribution in [0.2, 0.25) is 0 Å². The van der Waals surface area contributed by atoms with E-state index in [1.807, 2.05) is 26.0 Å². The lowest BCUT2D eigenvalue weighted by Gasteiger charge is -2.09. The molecule has 0 spiro atoms. The number of fused-ring (bicyclic) bond motifs is 1. The molecule has 0 aliphatic carbocycles. The molecule has 0 unspecified atom stereocenters. The van der Waals surface area contributed by atoms with E-state index in [-0.39, 0.29) is 17.0 Å². The molecule has 5 nitrogen and oxygen atoms in total. The van der Waals surface area contributed by atoms with Crippen LogP contribution in [0.25, 0.3) is 0 Å². The number of ether oxygens (including phenoxy) is 1. The van der Waals surface area contributed by atoms with Crippen LogP contribution in [0.5, 0.6) is 5.75 Å². The van der Waals surface area contributed by atoms with Gasteiger partial charge in [0.2, 0.25) is 0 Å². The fourth-order valence-corrected chi connectivity index (χ4v) is 2.48. The van der Waals surface area contributed by atoms with Gasteiger partial charge in [0.05, 0.1) is 16.7 Å². The van der Waals surface area contributed by atoms with E-state index in [1.54, 1.807) is 6.07 Å². The van der Waals surface area contributed by atoms with Gasteiger partial charge in [0, 0.05) is 7.05 Å². The van der Waals surface area contributed by atoms with Gasteiger partial charge >= 0.3 is 5.97 Å². The van der Waals surface area contributed by atoms with E-state index >= 15 is 0 Å². The maximum atomic E-state index is 12.3. The molecular weight excluding hydrogens is 294 g/mol. The lowest BCUT2D eigenvalue weighted by atomic mass is 10.1. The molecule has 0 saturated carbocycles. The van der Waals surface area contributed by atoms with E-state index < -0.39 is 11.9 Å². The maximum absolute atomic E-state index is 12.3. The topological polar surface area (TPSA) is 63.7 Å². The molecule has 0 saturated heterocycles. The van der Waals surface area contributed by atoms with Crippen LogP contribution in [0.3, 0.4) is 0 Å². The summed E-state index contributed by atoms with van der Waals surface area (Å²) in [6, 6.07) is 9.85. The van der Waals surface area contributed by atoms with Crippen molar-refractivity contribution in [2.24, 2.45) is 0 Å². The van der Waals surface area contributed by atoms with Crippen molar-refractivity contribution in [2.75, 3.05) is 7.05 Å². The third-order valence-corrected chi connectivity index (χ3v) is 4.08. The summed E-state index contributed by atoms with van der Waals surface area (Å²) in [5.74, 6) is -0.850. The third-order valence-electron chi connectivity index (χ3n) is 4.08. The molecule has 1 aliphatic rings. The minimum Gasteiger partial charge on any atom is -0.423 e. The highest BCUT2D eigenvalue weighted by Crippen LogP contribution is 2.25. The van der Waals surface area contributed by atoms with Crippen LogP contribution in [0.4, 0.5) is 0 Å². The van der Waals surface area contributed by atoms with Gasteiger partial charge in [0.1, 0.15) is 5.75 Å². The minimum absolute atomic E-state index is 0.230. The second-order valence-electron chi connectivity index (χ2n) is 5.52. The highest BCUT2D eigenvalue weighted by Gasteiger charge is 2.33. The summed E-state index contributed by atoms with van der Waals surface area (Å²) in [5, 5.41) is 0. The molecule has 0 N–H and O–H groups in total. The van der Waals surface area contributed by atoms with Gasteiger partial charge in [-0.1, -0.05) is 12.1 Å². The van der Waals surface area contributed by atoms with Crippen molar-refractivity contribution >= 4 is 17.8 Å². The summed E-state index contributed by atoms with van der Waals surface area (Å²) in [7, 11) is 1.42. The second kappa shape index (κ2) is 5.35. The summed E-state index contributed by atoms with van der Waals surface area (Å²) in [5.41, 5.74) is 2.68. The van der Waals surface area contributed by atoms with Crippen molar-refractivity contribution in [1.82, 2.24) is 4.90 Å². The fraction of sp³-hybridized carbons (Fsp3) is 0.167. The average Bonchev–Trinajstić information content (AvgIpc) is 2.76. The molecule has 0 bridgehead atoms. The van der Waals surface area contributed by atoms with E-state index in [0.29, 0.717) is 11.3 Å². The van der Waals surface area contributed by atoms with Crippen LogP contribution in [0, 0.1) is 13.8 Å². The largest absolute Gasteiger partial charge is 0.423 e. The lowest BCUT2D eigenvalue weighted by molar-refractivity contribution is 0.0691. The number of aryl methyl sites for hydroxylation is 1. The summed E-state index contributed by atoms with van der Waals surface area (Å²) in [6.45, 7) is 3.81. The van der Waals surface area contributed by atoms with E-state index in [2.05, 4.69) is 0 Å². The molecule has 0 fully saturated rings. The zero-order chi connectivity index (χ0) is 16.7. The maximum Gasteiger partial charge on any atom is 0.343 e. The van der Waals surface area contributed by atoms with Gasteiger partial charge in [-0.25, -0.2) is 4.79 Å². The molecule has 5 heteroatoms. The van der Waals surface area contributed by atoms with Crippen LogP contribution in [-0.4, -0.2) is 29.7 Å². The van der Waals surface area contributed by atoms with Gasteiger partial charge in [-0.15, -0.1) is 0 Å². The van der Waals surface area contributed by atoms with Crippen molar-refractivity contribution in [2.45, 2.75) is 13.8 Å². The Balaban J connectivity index is 1.92. The monoisotopic (exact) mass is 309 g/mol. The first-order valence-corrected chi connectivity index (χ1v) is 7.15. The number of hydrogen-bond donors (Lipinski definition) is 0. The lowest BCUT2D eigenvalue weighted by Crippen LogP contribution is -2.24. The molecule has 0 radical (unpaired) electrons. The predicted molar refractivity (Wildman–Crippen MR) is 83.7 cm³/mol. The van der Waals surface area contributed by atoms with E-state index in [1.165, 1.54) is 25.2 Å². The molecule has 116 valence electrons. The third kappa shape index (κ3) is 2.40. The van der Waals surface area contributed by atoms with E-state index in [4.69, 9.17) is 4.74 Å². The number of nitrogens with zero attached hydrogens (tertiary/aromatic N) is 1. The van der Waals surface area contributed by atoms with Crippen molar-refractivity contribution in [3.05, 3.63) is 64.2 Å². The first-order valence-electron chi connectivity index (χ1n) is 7.15. The second-order valence-corrected chi connectivity index (χ2v) is 5.52. The Morgan fingerprint density at radius 2 is 1.70 bits per heavy atom. The van der Waals surface area contributed by atoms with Gasteiger partial charge in [0.15, 0.2) is 0 Å². The molecule has 1 heterocycles. The molecule has 1 aliphatic heterocycles. The molecule has 2 aromatic rings. The molecule has 0 atom stereocenters. The number of rotatable bonds is 2. The predicted octanol–water partition coefficient (Wildman–Crippen LogP) is 2.75. The summed E-state index contributed by atoms with van der Waals surface area (Å²) >= 11 is 0. The Bertz CT molecular complexity index is 854. The average molecular weight is 309 g/mol. The SMILES string of the molecule is Cc1cccc(OC(=O)c2ccc3c(c2)C(=O)N(C)C3=O)c1C. The molecular formula is C18H15NO4. The van der Waals surface area contributed by atoms with Gasteiger partial charge < -0.3 is 4.74 Å². The Morgan fingerprint density at radius 3 is 2.43 bits per heavy atom. The van der Waals surface area contributed by atoms with Crippen LogP contribution in [0.15, 0.2) is 36.4 Å². The minimum atomic E-state index is -0.559. The number of carbonyl (C=O) groups excluding carboxylic acids is 3. The van der Waals surface area contributed by atoms with Crippen molar-refractivity contribution in [1.29, 1.82) is 0 Å². The normalized spacial score (nSPS) is 13.3. The smallest absolute Gasteiger partial charge is 0.343 e. The standard InChI is InChI=1S/C18H15NO4/c1-10-5-4-6-15(11(10)2)23-18(22)12-7-8-13-14(9-12)17(21)19(3)16(13)20/h4-9H,1-3H3. The van der Waals surface area contributed by atoms with Crippen LogP contribution >= 0.6 is 0 Å². The Hall–Kier alpha value is -2.95. The molecule has 0 aromatic heterocycles. The molecule has 3 rings (SSSR count). The zero-order valence-electron chi connectivity index (χ0n) is 13.0. The summed E-state index contributed by atoms with van der Waals surface area (Å²) < 4.78 is 5.41. The van der Waals surface area contributed by atoms with Crippen LogP contribution in [0.1, 0.15) is 42.2 Å². The van der Waals surface area contributed by atoms with Crippen LogP contribution < -0.4 is 4.74 Å². The summed E-state index contributed by atoms with van der Waals surface area (Å²) in [6.07, 6.45) is 0. The Morgan fingerprint density at radius 1 is 1.00 bits per heavy atom. The summed E-state index contributed by atoms with van der Waals surface area (Å²) in [4.78, 5) is 37.2. The van der Waals surface area contributed by atoms with Gasteiger partial charge in [-0.3, -0.25) is 14.5 Å². The molecule has 23 heavy (non-hydrogen) atoms. The highest BCUT2D eigenvalue weighted by molar-refractivity contribution is 6.21. The first kappa shape index (κ1) is 15.0. The quantitative estimate of drug-likeness (QED) is 0.486. The first-order chi connectivity index (χ1) is 10.9. The zero-order valence-corrected chi connectivity index (χ0v) is 13.0. The number of amides is 2. The Labute approximate surface area is 133 Å². The number of imide groups is 1. The van der Waals surface area contributed by atoms with Gasteiger partial charge in [-0.05, 0) is 49.2 Å². The number of carbonyl (C=O) groups is 3. The van der Waals surface area contributed by atoms with Crippen molar-refractivity contribution in [3.8, 4) is 5.75 Å². The number of hydrogen-bond acceptors (Lipinski definition) is 4. The number of benzene rings is 2. The number of esters is 1. The van der Waals surface area contributed by atoms with Crippen molar-refractivity contribution < 1.29 is 19.1 Å². The Kier molecular flexibility index (Phi) is 3.48. The fourth-order valence-electron chi connectivity index (χ4n) is 2.48. The van der Waals surface area contributed by atoms with Crippen molar-refractivity contribution in [3.63, 3.8) is 0 Å². The van der Waals surface area contributed by atoms with Gasteiger partial charge in [0.25, 0.3) is 11.8 Å². The van der Waals surface area contributed by atoms with E-state index in [0.717, 1.165) is 16.0 Å². The molecule has 2 aromatic carbocycles. The van der Waals surface area contributed by atoms with Gasteiger partial charge in [-0.2, -0.15) is 0 Å². The van der Waals surface area contributed by atoms with E-state index in [9.17, 15) is 14.4 Å².